The molecule has 0 aliphatic rings. The van der Waals surface area contributed by atoms with Crippen LogP contribution in [-0.2, 0) is 0 Å². The van der Waals surface area contributed by atoms with Gasteiger partial charge in [-0.05, 0) is 30.3 Å². The van der Waals surface area contributed by atoms with E-state index in [2.05, 4.69) is 20.3 Å². The van der Waals surface area contributed by atoms with E-state index in [9.17, 15) is 0 Å². The summed E-state index contributed by atoms with van der Waals surface area (Å²) in [6.07, 6.45) is 4.97. The summed E-state index contributed by atoms with van der Waals surface area (Å²) in [4.78, 5) is 13.0. The summed E-state index contributed by atoms with van der Waals surface area (Å²) >= 11 is 0. The molecule has 128 valence electrons. The molecular weight excluding hydrogens is 320 g/mol. The third-order valence-electron chi connectivity index (χ3n) is 3.50. The van der Waals surface area contributed by atoms with E-state index < -0.39 is 0 Å². The SMILES string of the molecule is CNc1cnc(-c2cncc(OC)c2)nc1Oc1ccc(OC)cc1. The number of nitrogens with one attached hydrogen (secondary N) is 1. The fraction of sp³-hybridized carbons (Fsp3) is 0.167. The lowest BCUT2D eigenvalue weighted by molar-refractivity contribution is 0.412. The van der Waals surface area contributed by atoms with Gasteiger partial charge in [0, 0.05) is 18.8 Å². The molecule has 0 radical (unpaired) electrons. The predicted octanol–water partition coefficient (Wildman–Crippen LogP) is 3.39. The maximum atomic E-state index is 5.90. The molecule has 2 aromatic heterocycles. The number of ether oxygens (including phenoxy) is 3. The number of rotatable bonds is 6. The van der Waals surface area contributed by atoms with E-state index >= 15 is 0 Å². The average molecular weight is 338 g/mol. The van der Waals surface area contributed by atoms with Gasteiger partial charge in [0.15, 0.2) is 5.82 Å². The lowest BCUT2D eigenvalue weighted by Crippen LogP contribution is -2.00. The first kappa shape index (κ1) is 16.5. The highest BCUT2D eigenvalue weighted by molar-refractivity contribution is 5.61. The zero-order valence-corrected chi connectivity index (χ0v) is 14.2. The highest BCUT2D eigenvalue weighted by Crippen LogP contribution is 2.30. The molecule has 7 nitrogen and oxygen atoms in total. The van der Waals surface area contributed by atoms with Gasteiger partial charge in [0.25, 0.3) is 0 Å². The van der Waals surface area contributed by atoms with Crippen LogP contribution in [0, 0.1) is 0 Å². The minimum atomic E-state index is 0.417. The van der Waals surface area contributed by atoms with Crippen LogP contribution in [0.1, 0.15) is 0 Å². The monoisotopic (exact) mass is 338 g/mol. The molecule has 0 amide bonds. The van der Waals surface area contributed by atoms with Crippen LogP contribution >= 0.6 is 0 Å². The maximum Gasteiger partial charge on any atom is 0.246 e. The van der Waals surface area contributed by atoms with Gasteiger partial charge in [-0.15, -0.1) is 0 Å². The number of aromatic nitrogens is 3. The summed E-state index contributed by atoms with van der Waals surface area (Å²) < 4.78 is 16.2. The van der Waals surface area contributed by atoms with E-state index in [1.807, 2.05) is 30.3 Å². The largest absolute Gasteiger partial charge is 0.497 e. The number of pyridine rings is 1. The normalized spacial score (nSPS) is 10.2. The van der Waals surface area contributed by atoms with Gasteiger partial charge in [0.1, 0.15) is 22.9 Å². The third-order valence-corrected chi connectivity index (χ3v) is 3.50. The number of hydrogen-bond donors (Lipinski definition) is 1. The van der Waals surface area contributed by atoms with Gasteiger partial charge in [-0.3, -0.25) is 4.98 Å². The number of hydrogen-bond acceptors (Lipinski definition) is 7. The Morgan fingerprint density at radius 1 is 0.880 bits per heavy atom. The molecule has 7 heteroatoms. The van der Waals surface area contributed by atoms with Crippen LogP contribution in [0.25, 0.3) is 11.4 Å². The molecule has 0 aliphatic carbocycles. The summed E-state index contributed by atoms with van der Waals surface area (Å²) in [6, 6.07) is 9.09. The highest BCUT2D eigenvalue weighted by Gasteiger charge is 2.11. The molecule has 0 unspecified atom stereocenters. The topological polar surface area (TPSA) is 78.4 Å². The van der Waals surface area contributed by atoms with Gasteiger partial charge in [-0.2, -0.15) is 4.98 Å². The summed E-state index contributed by atoms with van der Waals surface area (Å²) in [5, 5.41) is 3.02. The first-order valence-corrected chi connectivity index (χ1v) is 7.59. The van der Waals surface area contributed by atoms with Crippen molar-refractivity contribution in [3.8, 4) is 34.5 Å². The first-order valence-electron chi connectivity index (χ1n) is 7.59. The predicted molar refractivity (Wildman–Crippen MR) is 94.4 cm³/mol. The van der Waals surface area contributed by atoms with Crippen molar-refractivity contribution in [1.29, 1.82) is 0 Å². The summed E-state index contributed by atoms with van der Waals surface area (Å²) in [6.45, 7) is 0. The van der Waals surface area contributed by atoms with E-state index in [0.29, 0.717) is 28.9 Å². The van der Waals surface area contributed by atoms with Crippen LogP contribution in [0.2, 0.25) is 0 Å². The summed E-state index contributed by atoms with van der Waals surface area (Å²) in [5.74, 6) is 2.95. The quantitative estimate of drug-likeness (QED) is 0.738. The smallest absolute Gasteiger partial charge is 0.246 e. The Morgan fingerprint density at radius 2 is 1.60 bits per heavy atom. The van der Waals surface area contributed by atoms with Crippen molar-refractivity contribution >= 4 is 5.69 Å². The third kappa shape index (κ3) is 3.77. The van der Waals surface area contributed by atoms with Gasteiger partial charge in [-0.1, -0.05) is 0 Å². The summed E-state index contributed by atoms with van der Waals surface area (Å²) in [5.41, 5.74) is 1.41. The van der Waals surface area contributed by atoms with Crippen LogP contribution in [0.15, 0.2) is 48.9 Å². The zero-order valence-electron chi connectivity index (χ0n) is 14.2. The van der Waals surface area contributed by atoms with Crippen molar-refractivity contribution in [2.24, 2.45) is 0 Å². The minimum Gasteiger partial charge on any atom is -0.497 e. The van der Waals surface area contributed by atoms with Crippen LogP contribution in [0.5, 0.6) is 23.1 Å². The lowest BCUT2D eigenvalue weighted by atomic mass is 10.2. The molecule has 0 fully saturated rings. The fourth-order valence-electron chi connectivity index (χ4n) is 2.16. The number of nitrogens with zero attached hydrogens (tertiary/aromatic N) is 3. The number of methoxy groups -OCH3 is 2. The molecule has 1 aromatic carbocycles. The lowest BCUT2D eigenvalue weighted by Gasteiger charge is -2.11. The molecule has 3 aromatic rings. The summed E-state index contributed by atoms with van der Waals surface area (Å²) in [7, 11) is 4.99. The Hall–Kier alpha value is -3.35. The Labute approximate surface area is 145 Å². The average Bonchev–Trinajstić information content (AvgIpc) is 2.68. The van der Waals surface area contributed by atoms with E-state index in [1.165, 1.54) is 0 Å². The second-order valence-electron chi connectivity index (χ2n) is 5.05. The molecule has 0 aliphatic heterocycles. The van der Waals surface area contributed by atoms with Gasteiger partial charge in [0.05, 0.1) is 26.6 Å². The minimum absolute atomic E-state index is 0.417. The Kier molecular flexibility index (Phi) is 4.94. The second kappa shape index (κ2) is 7.48. The van der Waals surface area contributed by atoms with Crippen molar-refractivity contribution in [1.82, 2.24) is 15.0 Å². The zero-order chi connectivity index (χ0) is 17.6. The molecule has 0 saturated heterocycles. The van der Waals surface area contributed by atoms with Crippen LogP contribution in [0.3, 0.4) is 0 Å². The van der Waals surface area contributed by atoms with Crippen LogP contribution in [0.4, 0.5) is 5.69 Å². The molecule has 0 spiro atoms. The van der Waals surface area contributed by atoms with Crippen molar-refractivity contribution in [2.75, 3.05) is 26.6 Å². The maximum absolute atomic E-state index is 5.90. The van der Waals surface area contributed by atoms with E-state index in [1.54, 1.807) is 39.9 Å². The second-order valence-corrected chi connectivity index (χ2v) is 5.05. The van der Waals surface area contributed by atoms with E-state index in [0.717, 1.165) is 11.3 Å². The Morgan fingerprint density at radius 3 is 2.28 bits per heavy atom. The molecule has 3 rings (SSSR count). The molecule has 1 N–H and O–H groups in total. The van der Waals surface area contributed by atoms with E-state index in [-0.39, 0.29) is 0 Å². The number of anilines is 1. The molecule has 0 bridgehead atoms. The van der Waals surface area contributed by atoms with Crippen molar-refractivity contribution in [2.45, 2.75) is 0 Å². The molecule has 25 heavy (non-hydrogen) atoms. The first-order chi connectivity index (χ1) is 12.2. The van der Waals surface area contributed by atoms with Gasteiger partial charge < -0.3 is 19.5 Å². The van der Waals surface area contributed by atoms with Crippen molar-refractivity contribution in [3.05, 3.63) is 48.9 Å². The van der Waals surface area contributed by atoms with Gasteiger partial charge >= 0.3 is 0 Å². The highest BCUT2D eigenvalue weighted by atomic mass is 16.5. The van der Waals surface area contributed by atoms with Gasteiger partial charge in [0.2, 0.25) is 5.88 Å². The number of benzene rings is 1. The Balaban J connectivity index is 1.93. The molecular formula is C18H18N4O3. The van der Waals surface area contributed by atoms with Crippen LogP contribution < -0.4 is 19.5 Å². The van der Waals surface area contributed by atoms with Crippen molar-refractivity contribution < 1.29 is 14.2 Å². The van der Waals surface area contributed by atoms with Crippen molar-refractivity contribution in [3.63, 3.8) is 0 Å². The molecule has 2 heterocycles. The van der Waals surface area contributed by atoms with E-state index in [4.69, 9.17) is 14.2 Å². The standard InChI is InChI=1S/C18H18N4O3/c1-19-16-11-21-17(12-8-15(24-3)10-20-9-12)22-18(16)25-14-6-4-13(23-2)5-7-14/h4-11,19H,1-3H3. The molecule has 0 saturated carbocycles. The fourth-order valence-corrected chi connectivity index (χ4v) is 2.16. The molecule has 0 atom stereocenters. The Bertz CT molecular complexity index is 853. The van der Waals surface area contributed by atoms with Gasteiger partial charge in [-0.25, -0.2) is 4.98 Å². The van der Waals surface area contributed by atoms with Crippen LogP contribution in [-0.4, -0.2) is 36.2 Å².